The molecular weight excluding hydrogens is 254 g/mol. The van der Waals surface area contributed by atoms with Gasteiger partial charge in [-0.25, -0.2) is 0 Å². The van der Waals surface area contributed by atoms with Crippen LogP contribution in [0.2, 0.25) is 0 Å². The second-order valence-corrected chi connectivity index (χ2v) is 4.89. The average molecular weight is 270 g/mol. The molecule has 0 fully saturated rings. The van der Waals surface area contributed by atoms with Gasteiger partial charge in [0.05, 0.1) is 0 Å². The number of hydrogen-bond acceptors (Lipinski definition) is 3. The van der Waals surface area contributed by atoms with Crippen LogP contribution in [-0.4, -0.2) is 4.89 Å². The summed E-state index contributed by atoms with van der Waals surface area (Å²) in [6.07, 6.45) is 0. The normalized spacial score (nSPS) is 9.89. The van der Waals surface area contributed by atoms with Gasteiger partial charge in [0.25, 0.3) is 0 Å². The smallest absolute Gasteiger partial charge is 1.00 e. The Morgan fingerprint density at radius 1 is 0.789 bits per heavy atom. The second kappa shape index (κ2) is 7.58. The number of aryl methyl sites for hydroxylation is 2. The standard InChI is InChI=1S/C14H15O3P.Li.H/c1-11-3-7-13(8-4-11)16-18(15)17-14-9-5-12(2)6-10-14;;/h3-10,15H,1-2H3;;/q;+1;-1. The second-order valence-electron chi connectivity index (χ2n) is 4.05. The van der Waals surface area contributed by atoms with E-state index >= 15 is 0 Å². The van der Waals surface area contributed by atoms with E-state index in [1.165, 1.54) is 0 Å². The van der Waals surface area contributed by atoms with Crippen molar-refractivity contribution < 1.29 is 34.2 Å². The summed E-state index contributed by atoms with van der Waals surface area (Å²) < 4.78 is 10.6. The molecule has 0 saturated heterocycles. The molecule has 0 amide bonds. The first-order chi connectivity index (χ1) is 8.63. The molecule has 0 atom stereocenters. The van der Waals surface area contributed by atoms with Gasteiger partial charge in [-0.2, -0.15) is 0 Å². The van der Waals surface area contributed by atoms with Crippen LogP contribution in [0, 0.1) is 13.8 Å². The van der Waals surface area contributed by atoms with E-state index in [1.54, 1.807) is 24.3 Å². The van der Waals surface area contributed by atoms with Gasteiger partial charge in [0, 0.05) is 0 Å². The van der Waals surface area contributed by atoms with E-state index in [0.29, 0.717) is 11.5 Å². The van der Waals surface area contributed by atoms with Crippen LogP contribution in [0.1, 0.15) is 12.6 Å². The van der Waals surface area contributed by atoms with Crippen molar-refractivity contribution in [2.24, 2.45) is 0 Å². The minimum atomic E-state index is -1.95. The van der Waals surface area contributed by atoms with E-state index in [4.69, 9.17) is 9.05 Å². The Morgan fingerprint density at radius 3 is 1.42 bits per heavy atom. The van der Waals surface area contributed by atoms with Gasteiger partial charge in [-0.1, -0.05) is 35.4 Å². The molecule has 2 rings (SSSR count). The predicted molar refractivity (Wildman–Crippen MR) is 73.9 cm³/mol. The first-order valence-corrected chi connectivity index (χ1v) is 6.75. The molecule has 1 N–H and O–H groups in total. The Labute approximate surface area is 128 Å². The van der Waals surface area contributed by atoms with Crippen LogP contribution in [0.25, 0.3) is 0 Å². The zero-order chi connectivity index (χ0) is 13.0. The fourth-order valence-electron chi connectivity index (χ4n) is 1.40. The van der Waals surface area contributed by atoms with Crippen LogP contribution in [0.5, 0.6) is 11.5 Å². The predicted octanol–water partition coefficient (Wildman–Crippen LogP) is 1.10. The molecule has 2 aromatic rings. The third kappa shape index (κ3) is 5.26. The molecule has 0 aromatic heterocycles. The van der Waals surface area contributed by atoms with Crippen molar-refractivity contribution >= 4 is 8.60 Å². The van der Waals surface area contributed by atoms with Gasteiger partial charge in [0.15, 0.2) is 0 Å². The van der Waals surface area contributed by atoms with E-state index in [-0.39, 0.29) is 20.3 Å². The number of hydrogen-bond donors (Lipinski definition) is 1. The average Bonchev–Trinajstić information content (AvgIpc) is 2.35. The van der Waals surface area contributed by atoms with Gasteiger partial charge in [0.2, 0.25) is 0 Å². The first-order valence-electron chi connectivity index (χ1n) is 5.62. The van der Waals surface area contributed by atoms with Crippen molar-refractivity contribution in [2.75, 3.05) is 0 Å². The van der Waals surface area contributed by atoms with Crippen LogP contribution in [0.15, 0.2) is 48.5 Å². The quantitative estimate of drug-likeness (QED) is 0.668. The van der Waals surface area contributed by atoms with Crippen molar-refractivity contribution in [3.63, 3.8) is 0 Å². The van der Waals surface area contributed by atoms with Crippen molar-refractivity contribution in [1.29, 1.82) is 0 Å². The molecule has 0 aliphatic rings. The minimum Gasteiger partial charge on any atom is -1.00 e. The molecule has 0 heterocycles. The Bertz CT molecular complexity index is 457. The Balaban J connectivity index is 0.00000180. The summed E-state index contributed by atoms with van der Waals surface area (Å²) in [7, 11) is -1.95. The molecule has 0 aliphatic heterocycles. The molecule has 19 heavy (non-hydrogen) atoms. The van der Waals surface area contributed by atoms with Crippen LogP contribution >= 0.6 is 8.60 Å². The summed E-state index contributed by atoms with van der Waals surface area (Å²) >= 11 is 0. The van der Waals surface area contributed by atoms with E-state index in [1.807, 2.05) is 38.1 Å². The topological polar surface area (TPSA) is 38.7 Å². The van der Waals surface area contributed by atoms with E-state index in [9.17, 15) is 4.89 Å². The Hall–Kier alpha value is -0.973. The van der Waals surface area contributed by atoms with Gasteiger partial charge in [-0.15, -0.1) is 0 Å². The zero-order valence-corrected chi connectivity index (χ0v) is 12.2. The van der Waals surface area contributed by atoms with Crippen molar-refractivity contribution in [2.45, 2.75) is 13.8 Å². The maximum absolute atomic E-state index is 9.72. The molecule has 5 heteroatoms. The van der Waals surface area contributed by atoms with Crippen LogP contribution < -0.4 is 27.9 Å². The summed E-state index contributed by atoms with van der Waals surface area (Å²) in [5.41, 5.74) is 2.29. The summed E-state index contributed by atoms with van der Waals surface area (Å²) in [5, 5.41) is 0. The molecule has 0 unspecified atom stereocenters. The molecule has 2 aromatic carbocycles. The van der Waals surface area contributed by atoms with E-state index in [0.717, 1.165) is 11.1 Å². The molecule has 3 nitrogen and oxygen atoms in total. The van der Waals surface area contributed by atoms with Crippen LogP contribution in [0.4, 0.5) is 0 Å². The van der Waals surface area contributed by atoms with Gasteiger partial charge in [-0.05, 0) is 38.1 Å². The Kier molecular flexibility index (Phi) is 6.41. The molecule has 0 saturated carbocycles. The fourth-order valence-corrected chi connectivity index (χ4v) is 2.04. The SMILES string of the molecule is Cc1ccc(OP(O)Oc2ccc(C)cc2)cc1.[H-].[Li+]. The van der Waals surface area contributed by atoms with E-state index < -0.39 is 8.60 Å². The summed E-state index contributed by atoms with van der Waals surface area (Å²) in [6.45, 7) is 3.99. The monoisotopic (exact) mass is 270 g/mol. The van der Waals surface area contributed by atoms with Gasteiger partial charge >= 0.3 is 27.5 Å². The fraction of sp³-hybridized carbons (Fsp3) is 0.143. The summed E-state index contributed by atoms with van der Waals surface area (Å²) in [4.78, 5) is 9.72. The third-order valence-corrected chi connectivity index (χ3v) is 3.14. The third-order valence-electron chi connectivity index (χ3n) is 2.41. The van der Waals surface area contributed by atoms with Gasteiger partial charge < -0.3 is 15.4 Å². The maximum Gasteiger partial charge on any atom is 1.00 e. The van der Waals surface area contributed by atoms with Gasteiger partial charge in [0.1, 0.15) is 11.5 Å². The number of rotatable bonds is 4. The van der Waals surface area contributed by atoms with Crippen LogP contribution in [-0.2, 0) is 0 Å². The van der Waals surface area contributed by atoms with Crippen molar-refractivity contribution in [3.8, 4) is 11.5 Å². The molecule has 96 valence electrons. The van der Waals surface area contributed by atoms with E-state index in [2.05, 4.69) is 0 Å². The molecule has 0 aliphatic carbocycles. The van der Waals surface area contributed by atoms with Crippen molar-refractivity contribution in [1.82, 2.24) is 0 Å². The summed E-state index contributed by atoms with van der Waals surface area (Å²) in [6, 6.07) is 14.9. The molecule has 0 bridgehead atoms. The number of benzene rings is 2. The molecule has 0 radical (unpaired) electrons. The van der Waals surface area contributed by atoms with Crippen LogP contribution in [0.3, 0.4) is 0 Å². The zero-order valence-electron chi connectivity index (χ0n) is 12.3. The minimum absolute atomic E-state index is 0. The van der Waals surface area contributed by atoms with Gasteiger partial charge in [-0.3, -0.25) is 0 Å². The largest absolute Gasteiger partial charge is 1.00 e. The Morgan fingerprint density at radius 2 is 1.11 bits per heavy atom. The van der Waals surface area contributed by atoms with Crippen molar-refractivity contribution in [3.05, 3.63) is 59.7 Å². The summed E-state index contributed by atoms with van der Waals surface area (Å²) in [5.74, 6) is 1.20. The molecular formula is C14H16LiO3P. The maximum atomic E-state index is 9.72. The first kappa shape index (κ1) is 16.1. The molecule has 0 spiro atoms.